The van der Waals surface area contributed by atoms with Crippen LogP contribution >= 0.6 is 23.2 Å². The van der Waals surface area contributed by atoms with E-state index in [2.05, 4.69) is 5.32 Å². The Bertz CT molecular complexity index is 788. The van der Waals surface area contributed by atoms with Gasteiger partial charge in [0, 0.05) is 27.7 Å². The first kappa shape index (κ1) is 19.9. The van der Waals surface area contributed by atoms with Crippen LogP contribution in [0.1, 0.15) is 34.1 Å². The Labute approximate surface area is 161 Å². The summed E-state index contributed by atoms with van der Waals surface area (Å²) in [6.45, 7) is 1.60. The summed E-state index contributed by atoms with van der Waals surface area (Å²) in [5.41, 5.74) is 0.847. The maximum absolute atomic E-state index is 12.2. The lowest BCUT2D eigenvalue weighted by Crippen LogP contribution is -2.29. The van der Waals surface area contributed by atoms with Crippen molar-refractivity contribution in [2.24, 2.45) is 0 Å². The van der Waals surface area contributed by atoms with Crippen LogP contribution in [0, 0.1) is 0 Å². The molecule has 1 atom stereocenters. The average Bonchev–Trinajstić information content (AvgIpc) is 2.62. The molecule has 2 rings (SSSR count). The van der Waals surface area contributed by atoms with Gasteiger partial charge in [0.05, 0.1) is 6.42 Å². The first-order valence-corrected chi connectivity index (χ1v) is 8.65. The smallest absolute Gasteiger partial charge is 0.308 e. The number of ether oxygens (including phenoxy) is 1. The number of carbonyl (C=O) groups excluding carboxylic acids is 3. The van der Waals surface area contributed by atoms with E-state index < -0.39 is 12.1 Å². The minimum absolute atomic E-state index is 0.0441. The second kappa shape index (κ2) is 9.36. The summed E-state index contributed by atoms with van der Waals surface area (Å²) >= 11 is 11.5. The van der Waals surface area contributed by atoms with Gasteiger partial charge in [-0.1, -0.05) is 23.2 Å². The van der Waals surface area contributed by atoms with E-state index in [0.29, 0.717) is 21.2 Å². The number of Topliss-reactive ketones (excluding diaryl/α,β-unsaturated/α-hetero) is 1. The molecular weight excluding hydrogens is 377 g/mol. The van der Waals surface area contributed by atoms with Crippen LogP contribution in [0.4, 0.5) is 0 Å². The minimum atomic E-state index is -0.921. The molecule has 0 radical (unpaired) electrons. The summed E-state index contributed by atoms with van der Waals surface area (Å²) in [7, 11) is 0. The number of hydrogen-bond donors (Lipinski definition) is 1. The summed E-state index contributed by atoms with van der Waals surface area (Å²) in [6, 6.07) is 12.7. The molecule has 0 aliphatic heterocycles. The van der Waals surface area contributed by atoms with E-state index in [1.165, 1.54) is 6.92 Å². The second-order valence-corrected chi connectivity index (χ2v) is 6.39. The summed E-state index contributed by atoms with van der Waals surface area (Å²) in [5, 5.41) is 3.66. The van der Waals surface area contributed by atoms with Crippen LogP contribution in [0.3, 0.4) is 0 Å². The number of ketones is 1. The van der Waals surface area contributed by atoms with Crippen molar-refractivity contribution in [3.63, 3.8) is 0 Å². The quantitative estimate of drug-likeness (QED) is 0.571. The van der Waals surface area contributed by atoms with Crippen molar-refractivity contribution in [3.05, 3.63) is 69.7 Å². The van der Waals surface area contributed by atoms with Gasteiger partial charge in [0.25, 0.3) is 5.91 Å². The molecule has 2 aromatic carbocycles. The fourth-order valence-corrected chi connectivity index (χ4v) is 2.39. The zero-order chi connectivity index (χ0) is 19.1. The highest BCUT2D eigenvalue weighted by molar-refractivity contribution is 6.31. The Morgan fingerprint density at radius 3 is 1.96 bits per heavy atom. The summed E-state index contributed by atoms with van der Waals surface area (Å²) in [6.07, 6.45) is -0.965. The normalized spacial score (nSPS) is 11.5. The van der Waals surface area contributed by atoms with Gasteiger partial charge in [-0.15, -0.1) is 0 Å². The number of esters is 1. The summed E-state index contributed by atoms with van der Waals surface area (Å²) < 4.78 is 5.11. The Hall–Kier alpha value is -2.37. The van der Waals surface area contributed by atoms with Gasteiger partial charge in [-0.2, -0.15) is 0 Å². The topological polar surface area (TPSA) is 72.5 Å². The maximum atomic E-state index is 12.2. The molecule has 0 saturated heterocycles. The van der Waals surface area contributed by atoms with Crippen molar-refractivity contribution in [2.45, 2.75) is 19.4 Å². The van der Waals surface area contributed by atoms with E-state index in [-0.39, 0.29) is 24.7 Å². The molecule has 1 amide bonds. The molecule has 0 aromatic heterocycles. The number of amides is 1. The zero-order valence-corrected chi connectivity index (χ0v) is 15.5. The van der Waals surface area contributed by atoms with Crippen molar-refractivity contribution in [3.8, 4) is 0 Å². The fraction of sp³-hybridized carbons (Fsp3) is 0.211. The second-order valence-electron chi connectivity index (χ2n) is 5.52. The Kier molecular flexibility index (Phi) is 7.18. The highest BCUT2D eigenvalue weighted by Crippen LogP contribution is 2.13. The van der Waals surface area contributed by atoms with Crippen molar-refractivity contribution in [1.82, 2.24) is 5.32 Å². The van der Waals surface area contributed by atoms with Crippen LogP contribution in [0.5, 0.6) is 0 Å². The van der Waals surface area contributed by atoms with Crippen molar-refractivity contribution in [2.75, 3.05) is 6.54 Å². The molecule has 0 heterocycles. The molecule has 0 fully saturated rings. The third-order valence-electron chi connectivity index (χ3n) is 3.53. The van der Waals surface area contributed by atoms with E-state index in [1.807, 2.05) is 0 Å². The van der Waals surface area contributed by atoms with Crippen LogP contribution in [0.15, 0.2) is 48.5 Å². The molecule has 2 aromatic rings. The molecule has 0 saturated carbocycles. The Morgan fingerprint density at radius 2 is 1.42 bits per heavy atom. The highest BCUT2D eigenvalue weighted by Gasteiger charge is 2.19. The molecule has 136 valence electrons. The van der Waals surface area contributed by atoms with Crippen LogP contribution in [-0.2, 0) is 9.53 Å². The van der Waals surface area contributed by atoms with Crippen LogP contribution < -0.4 is 5.32 Å². The number of halogens is 2. The molecule has 0 aliphatic rings. The monoisotopic (exact) mass is 393 g/mol. The summed E-state index contributed by atoms with van der Waals surface area (Å²) in [5.74, 6) is -1.21. The van der Waals surface area contributed by atoms with E-state index in [4.69, 9.17) is 27.9 Å². The SMILES string of the molecule is C[C@H](OC(=O)CCNC(=O)c1ccc(Cl)cc1)C(=O)c1ccc(Cl)cc1. The van der Waals surface area contributed by atoms with E-state index in [1.54, 1.807) is 48.5 Å². The molecule has 26 heavy (non-hydrogen) atoms. The molecular formula is C19H17Cl2NO4. The molecule has 0 bridgehead atoms. The summed E-state index contributed by atoms with van der Waals surface area (Å²) in [4.78, 5) is 35.9. The maximum Gasteiger partial charge on any atom is 0.308 e. The molecule has 5 nitrogen and oxygen atoms in total. The van der Waals surface area contributed by atoms with Gasteiger partial charge >= 0.3 is 5.97 Å². The van der Waals surface area contributed by atoms with E-state index >= 15 is 0 Å². The van der Waals surface area contributed by atoms with E-state index in [0.717, 1.165) is 0 Å². The van der Waals surface area contributed by atoms with Gasteiger partial charge in [0.15, 0.2) is 6.10 Å². The predicted molar refractivity (Wildman–Crippen MR) is 99.7 cm³/mol. The number of hydrogen-bond acceptors (Lipinski definition) is 4. The molecule has 7 heteroatoms. The number of rotatable bonds is 7. The van der Waals surface area contributed by atoms with Gasteiger partial charge in [0.1, 0.15) is 0 Å². The highest BCUT2D eigenvalue weighted by atomic mass is 35.5. The molecule has 0 aliphatic carbocycles. The third kappa shape index (κ3) is 5.86. The third-order valence-corrected chi connectivity index (χ3v) is 4.03. The lowest BCUT2D eigenvalue weighted by molar-refractivity contribution is -0.146. The average molecular weight is 394 g/mol. The number of nitrogens with one attached hydrogen (secondary N) is 1. The van der Waals surface area contributed by atoms with Crippen molar-refractivity contribution >= 4 is 40.9 Å². The zero-order valence-electron chi connectivity index (χ0n) is 14.0. The standard InChI is InChI=1S/C19H17Cl2NO4/c1-12(18(24)13-2-6-15(20)7-3-13)26-17(23)10-11-22-19(25)14-4-8-16(21)9-5-14/h2-9,12H,10-11H2,1H3,(H,22,25)/t12-/m0/s1. The van der Waals surface area contributed by atoms with Crippen LogP contribution in [0.25, 0.3) is 0 Å². The van der Waals surface area contributed by atoms with E-state index in [9.17, 15) is 14.4 Å². The Morgan fingerprint density at radius 1 is 0.923 bits per heavy atom. The van der Waals surface area contributed by atoms with Crippen LogP contribution in [-0.4, -0.2) is 30.3 Å². The minimum Gasteiger partial charge on any atom is -0.454 e. The lowest BCUT2D eigenvalue weighted by Gasteiger charge is -2.12. The molecule has 1 N–H and O–H groups in total. The van der Waals surface area contributed by atoms with Gasteiger partial charge in [0.2, 0.25) is 5.78 Å². The fourth-order valence-electron chi connectivity index (χ4n) is 2.14. The van der Waals surface area contributed by atoms with Crippen LogP contribution in [0.2, 0.25) is 10.0 Å². The number of benzene rings is 2. The van der Waals surface area contributed by atoms with Gasteiger partial charge in [-0.05, 0) is 55.5 Å². The lowest BCUT2D eigenvalue weighted by atomic mass is 10.1. The molecule has 0 unspecified atom stereocenters. The van der Waals surface area contributed by atoms with Gasteiger partial charge in [-0.25, -0.2) is 0 Å². The first-order valence-electron chi connectivity index (χ1n) is 7.90. The van der Waals surface area contributed by atoms with Gasteiger partial charge in [-0.3, -0.25) is 14.4 Å². The Balaban J connectivity index is 1.77. The van der Waals surface area contributed by atoms with Crippen molar-refractivity contribution in [1.29, 1.82) is 0 Å². The first-order chi connectivity index (χ1) is 12.4. The number of carbonyl (C=O) groups is 3. The van der Waals surface area contributed by atoms with Crippen molar-refractivity contribution < 1.29 is 19.1 Å². The molecule has 0 spiro atoms. The predicted octanol–water partition coefficient (Wildman–Crippen LogP) is 3.93. The van der Waals surface area contributed by atoms with Gasteiger partial charge < -0.3 is 10.1 Å². The largest absolute Gasteiger partial charge is 0.454 e.